The number of rotatable bonds is 3. The molecule has 84 valence electrons. The second-order valence-electron chi connectivity index (χ2n) is 4.06. The molecule has 0 radical (unpaired) electrons. The molecule has 0 aliphatic heterocycles. The predicted octanol–water partition coefficient (Wildman–Crippen LogP) is 1.98. The van der Waals surface area contributed by atoms with Crippen molar-refractivity contribution in [2.24, 2.45) is 5.73 Å². The van der Waals surface area contributed by atoms with Crippen LogP contribution in [0.2, 0.25) is 0 Å². The van der Waals surface area contributed by atoms with Gasteiger partial charge in [0.25, 0.3) is 0 Å². The van der Waals surface area contributed by atoms with E-state index in [1.165, 1.54) is 0 Å². The first-order chi connectivity index (χ1) is 7.72. The molecule has 2 aromatic rings. The van der Waals surface area contributed by atoms with Crippen LogP contribution in [0.1, 0.15) is 25.5 Å². The lowest BCUT2D eigenvalue weighted by Gasteiger charge is -2.10. The maximum Gasteiger partial charge on any atom is 0.163 e. The molecule has 0 unspecified atom stereocenters. The van der Waals surface area contributed by atoms with E-state index in [0.717, 1.165) is 17.0 Å². The number of benzene rings is 1. The Kier molecular flexibility index (Phi) is 3.01. The van der Waals surface area contributed by atoms with E-state index in [1.807, 2.05) is 24.3 Å². The number of nitrogens with zero attached hydrogens (tertiary/aromatic N) is 3. The molecule has 0 saturated carbocycles. The monoisotopic (exact) mass is 216 g/mol. The third-order valence-corrected chi connectivity index (χ3v) is 2.58. The normalized spacial score (nSPS) is 11.0. The van der Waals surface area contributed by atoms with Gasteiger partial charge in [-0.25, -0.2) is 0 Å². The minimum atomic E-state index is 0.360. The average Bonchev–Trinajstić information content (AvgIpc) is 2.78. The van der Waals surface area contributed by atoms with Gasteiger partial charge in [-0.1, -0.05) is 24.3 Å². The van der Waals surface area contributed by atoms with E-state index in [2.05, 4.69) is 28.6 Å². The first-order valence-corrected chi connectivity index (χ1v) is 5.41. The van der Waals surface area contributed by atoms with Crippen molar-refractivity contribution >= 4 is 0 Å². The van der Waals surface area contributed by atoms with Crippen molar-refractivity contribution in [3.05, 3.63) is 36.2 Å². The van der Waals surface area contributed by atoms with E-state index >= 15 is 0 Å². The highest BCUT2D eigenvalue weighted by Crippen LogP contribution is 2.20. The molecule has 2 N–H and O–H groups in total. The summed E-state index contributed by atoms with van der Waals surface area (Å²) in [7, 11) is 0. The maximum atomic E-state index is 5.56. The van der Waals surface area contributed by atoms with Crippen molar-refractivity contribution < 1.29 is 0 Å². The van der Waals surface area contributed by atoms with Gasteiger partial charge >= 0.3 is 0 Å². The third-order valence-electron chi connectivity index (χ3n) is 2.58. The molecule has 16 heavy (non-hydrogen) atoms. The molecule has 0 aliphatic rings. The van der Waals surface area contributed by atoms with Gasteiger partial charge in [0.1, 0.15) is 6.33 Å². The topological polar surface area (TPSA) is 56.7 Å². The zero-order valence-corrected chi connectivity index (χ0v) is 9.59. The molecule has 0 fully saturated rings. The summed E-state index contributed by atoms with van der Waals surface area (Å²) in [6, 6.07) is 8.47. The summed E-state index contributed by atoms with van der Waals surface area (Å²) in [5, 5.41) is 8.10. The molecule has 0 spiro atoms. The SMILES string of the molecule is CC(C)n1cnnc1-c1ccc(CN)cc1. The van der Waals surface area contributed by atoms with E-state index in [1.54, 1.807) is 6.33 Å². The van der Waals surface area contributed by atoms with Crippen molar-refractivity contribution in [2.45, 2.75) is 26.4 Å². The molecule has 0 amide bonds. The molecule has 2 rings (SSSR count). The van der Waals surface area contributed by atoms with Crippen LogP contribution in [0, 0.1) is 0 Å². The van der Waals surface area contributed by atoms with Crippen LogP contribution < -0.4 is 5.73 Å². The molecule has 1 heterocycles. The molecule has 4 nitrogen and oxygen atoms in total. The minimum absolute atomic E-state index is 0.360. The number of nitrogens with two attached hydrogens (primary N) is 1. The lowest BCUT2D eigenvalue weighted by Crippen LogP contribution is -2.02. The van der Waals surface area contributed by atoms with Crippen LogP contribution in [0.5, 0.6) is 0 Å². The first kappa shape index (κ1) is 10.8. The van der Waals surface area contributed by atoms with Gasteiger partial charge in [-0.3, -0.25) is 0 Å². The maximum absolute atomic E-state index is 5.56. The van der Waals surface area contributed by atoms with Crippen LogP contribution in [-0.2, 0) is 6.54 Å². The highest BCUT2D eigenvalue weighted by Gasteiger charge is 2.08. The highest BCUT2D eigenvalue weighted by molar-refractivity contribution is 5.55. The van der Waals surface area contributed by atoms with Crippen molar-refractivity contribution in [1.29, 1.82) is 0 Å². The second-order valence-corrected chi connectivity index (χ2v) is 4.06. The van der Waals surface area contributed by atoms with Gasteiger partial charge in [-0.2, -0.15) is 0 Å². The quantitative estimate of drug-likeness (QED) is 0.853. The summed E-state index contributed by atoms with van der Waals surface area (Å²) in [5.74, 6) is 0.901. The molecule has 0 bridgehead atoms. The summed E-state index contributed by atoms with van der Waals surface area (Å²) < 4.78 is 2.05. The lowest BCUT2D eigenvalue weighted by atomic mass is 10.1. The molecule has 4 heteroatoms. The summed E-state index contributed by atoms with van der Waals surface area (Å²) in [4.78, 5) is 0. The van der Waals surface area contributed by atoms with Gasteiger partial charge in [-0.15, -0.1) is 10.2 Å². The summed E-state index contributed by atoms with van der Waals surface area (Å²) in [6.45, 7) is 4.79. The van der Waals surface area contributed by atoms with Crippen molar-refractivity contribution in [3.8, 4) is 11.4 Å². The lowest BCUT2D eigenvalue weighted by molar-refractivity contribution is 0.604. The molecule has 0 aliphatic carbocycles. The molecule has 1 aromatic carbocycles. The molecule has 1 aromatic heterocycles. The van der Waals surface area contributed by atoms with Crippen molar-refractivity contribution in [1.82, 2.24) is 14.8 Å². The minimum Gasteiger partial charge on any atom is -0.326 e. The Morgan fingerprint density at radius 2 is 1.94 bits per heavy atom. The fourth-order valence-electron chi connectivity index (χ4n) is 1.62. The van der Waals surface area contributed by atoms with E-state index < -0.39 is 0 Å². The molecular formula is C12H16N4. The number of hydrogen-bond acceptors (Lipinski definition) is 3. The Balaban J connectivity index is 2.38. The Bertz CT molecular complexity index is 456. The zero-order valence-electron chi connectivity index (χ0n) is 9.59. The van der Waals surface area contributed by atoms with E-state index in [0.29, 0.717) is 12.6 Å². The standard InChI is InChI=1S/C12H16N4/c1-9(2)16-8-14-15-12(16)11-5-3-10(7-13)4-6-11/h3-6,8-9H,7,13H2,1-2H3. The Hall–Kier alpha value is -1.68. The Labute approximate surface area is 95.1 Å². The van der Waals surface area contributed by atoms with Gasteiger partial charge in [0, 0.05) is 18.2 Å². The molecule has 0 atom stereocenters. The summed E-state index contributed by atoms with van der Waals surface area (Å²) in [5.41, 5.74) is 7.76. The number of aromatic nitrogens is 3. The van der Waals surface area contributed by atoms with E-state index in [9.17, 15) is 0 Å². The first-order valence-electron chi connectivity index (χ1n) is 5.41. The highest BCUT2D eigenvalue weighted by atomic mass is 15.3. The number of hydrogen-bond donors (Lipinski definition) is 1. The van der Waals surface area contributed by atoms with Crippen LogP contribution in [0.15, 0.2) is 30.6 Å². The fourth-order valence-corrected chi connectivity index (χ4v) is 1.62. The summed E-state index contributed by atoms with van der Waals surface area (Å²) in [6.07, 6.45) is 1.76. The molecular weight excluding hydrogens is 200 g/mol. The van der Waals surface area contributed by atoms with Gasteiger partial charge in [0.2, 0.25) is 0 Å². The second kappa shape index (κ2) is 4.45. The van der Waals surface area contributed by atoms with Gasteiger partial charge in [0.05, 0.1) is 0 Å². The Morgan fingerprint density at radius 3 is 2.50 bits per heavy atom. The van der Waals surface area contributed by atoms with Crippen LogP contribution in [0.3, 0.4) is 0 Å². The fraction of sp³-hybridized carbons (Fsp3) is 0.333. The van der Waals surface area contributed by atoms with Gasteiger partial charge < -0.3 is 10.3 Å². The largest absolute Gasteiger partial charge is 0.326 e. The van der Waals surface area contributed by atoms with Crippen molar-refractivity contribution in [3.63, 3.8) is 0 Å². The van der Waals surface area contributed by atoms with Crippen molar-refractivity contribution in [2.75, 3.05) is 0 Å². The van der Waals surface area contributed by atoms with Crippen LogP contribution >= 0.6 is 0 Å². The third kappa shape index (κ3) is 1.97. The Morgan fingerprint density at radius 1 is 1.25 bits per heavy atom. The zero-order chi connectivity index (χ0) is 11.5. The van der Waals surface area contributed by atoms with E-state index in [4.69, 9.17) is 5.73 Å². The van der Waals surface area contributed by atoms with Crippen LogP contribution in [0.4, 0.5) is 0 Å². The summed E-state index contributed by atoms with van der Waals surface area (Å²) >= 11 is 0. The molecule has 0 saturated heterocycles. The van der Waals surface area contributed by atoms with Crippen LogP contribution in [-0.4, -0.2) is 14.8 Å². The smallest absolute Gasteiger partial charge is 0.163 e. The van der Waals surface area contributed by atoms with Gasteiger partial charge in [0.15, 0.2) is 5.82 Å². The van der Waals surface area contributed by atoms with E-state index in [-0.39, 0.29) is 0 Å². The van der Waals surface area contributed by atoms with Gasteiger partial charge in [-0.05, 0) is 19.4 Å². The van der Waals surface area contributed by atoms with Crippen LogP contribution in [0.25, 0.3) is 11.4 Å². The predicted molar refractivity (Wildman–Crippen MR) is 63.7 cm³/mol. The average molecular weight is 216 g/mol.